The Hall–Kier alpha value is -1.05. The predicted octanol–water partition coefficient (Wildman–Crippen LogP) is 0.604. The summed E-state index contributed by atoms with van der Waals surface area (Å²) < 4.78 is 0. The lowest BCUT2D eigenvalue weighted by atomic mass is 10.4. The first-order chi connectivity index (χ1) is 3.77. The second-order valence-corrected chi connectivity index (χ2v) is 1.38. The minimum Gasteiger partial charge on any atom is -0.399 e. The van der Waals surface area contributed by atoms with Gasteiger partial charge in [0.25, 0.3) is 0 Å². The molecule has 44 valence electrons. The van der Waals surface area contributed by atoms with Crippen molar-refractivity contribution in [3.63, 3.8) is 0 Å². The second kappa shape index (κ2) is 4.12. The van der Waals surface area contributed by atoms with Crippen LogP contribution < -0.4 is 5.73 Å². The minimum absolute atomic E-state index is 0.413. The number of hydrogen-bond acceptors (Lipinski definition) is 2. The largest absolute Gasteiger partial charge is 0.399 e. The predicted molar refractivity (Wildman–Crippen MR) is 33.1 cm³/mol. The lowest BCUT2D eigenvalue weighted by Gasteiger charge is -1.80. The lowest BCUT2D eigenvalue weighted by Crippen LogP contribution is -1.87. The second-order valence-electron chi connectivity index (χ2n) is 1.38. The number of rotatable bonds is 3. The van der Waals surface area contributed by atoms with E-state index in [9.17, 15) is 4.79 Å². The van der Waals surface area contributed by atoms with Gasteiger partial charge in [-0.1, -0.05) is 12.7 Å². The van der Waals surface area contributed by atoms with E-state index in [1.807, 2.05) is 0 Å². The van der Waals surface area contributed by atoms with Gasteiger partial charge in [-0.05, 0) is 6.08 Å². The molecule has 0 aromatic rings. The van der Waals surface area contributed by atoms with Crippen LogP contribution in [0, 0.1) is 0 Å². The molecule has 0 spiro atoms. The van der Waals surface area contributed by atoms with Crippen LogP contribution in [0.5, 0.6) is 0 Å². The number of carbonyl (C=O) groups is 1. The van der Waals surface area contributed by atoms with E-state index in [1.54, 1.807) is 12.2 Å². The molecule has 0 amide bonds. The van der Waals surface area contributed by atoms with Crippen LogP contribution in [0.3, 0.4) is 0 Å². The molecule has 0 aliphatic carbocycles. The summed E-state index contributed by atoms with van der Waals surface area (Å²) in [5, 5.41) is 0. The lowest BCUT2D eigenvalue weighted by molar-refractivity contribution is -0.107. The van der Waals surface area contributed by atoms with E-state index in [0.29, 0.717) is 12.1 Å². The Labute approximate surface area is 48.7 Å². The number of allylic oxidation sites excluding steroid dienone is 2. The molecule has 0 rings (SSSR count). The van der Waals surface area contributed by atoms with Crippen LogP contribution in [0.25, 0.3) is 0 Å². The van der Waals surface area contributed by atoms with Crippen LogP contribution in [-0.2, 0) is 4.79 Å². The Morgan fingerprint density at radius 1 is 1.75 bits per heavy atom. The van der Waals surface area contributed by atoms with Crippen LogP contribution in [-0.4, -0.2) is 6.29 Å². The zero-order valence-electron chi connectivity index (χ0n) is 4.63. The highest BCUT2D eigenvalue weighted by molar-refractivity contribution is 5.52. The molecule has 8 heavy (non-hydrogen) atoms. The van der Waals surface area contributed by atoms with Gasteiger partial charge < -0.3 is 10.5 Å². The van der Waals surface area contributed by atoms with Gasteiger partial charge >= 0.3 is 0 Å². The summed E-state index contributed by atoms with van der Waals surface area (Å²) in [7, 11) is 0. The van der Waals surface area contributed by atoms with Gasteiger partial charge in [0.15, 0.2) is 0 Å². The Bertz CT molecular complexity index is 116. The Morgan fingerprint density at radius 2 is 2.38 bits per heavy atom. The maximum Gasteiger partial charge on any atom is 0.123 e. The van der Waals surface area contributed by atoms with E-state index in [2.05, 4.69) is 6.58 Å². The van der Waals surface area contributed by atoms with Crippen molar-refractivity contribution < 1.29 is 4.79 Å². The summed E-state index contributed by atoms with van der Waals surface area (Å²) in [6.45, 7) is 3.40. The van der Waals surface area contributed by atoms with E-state index < -0.39 is 0 Å². The third-order valence-electron chi connectivity index (χ3n) is 0.564. The zero-order valence-corrected chi connectivity index (χ0v) is 4.63. The molecule has 0 aromatic heterocycles. The van der Waals surface area contributed by atoms with E-state index in [4.69, 9.17) is 5.73 Å². The molecule has 2 heteroatoms. The molecule has 0 bridgehead atoms. The molecule has 2 N–H and O–H groups in total. The molecule has 0 unspecified atom stereocenters. The first-order valence-electron chi connectivity index (χ1n) is 2.32. The molecule has 2 nitrogen and oxygen atoms in total. The standard InChI is InChI=1S/C6H9NO/c1-6(7)4-2-3-5-8/h2,4-5H,1,3,7H2/b4-2-. The molecule has 0 aliphatic rings. The van der Waals surface area contributed by atoms with Crippen molar-refractivity contribution in [2.75, 3.05) is 0 Å². The molecule has 0 saturated carbocycles. The van der Waals surface area contributed by atoms with Gasteiger partial charge in [-0.25, -0.2) is 0 Å². The zero-order chi connectivity index (χ0) is 6.41. The highest BCUT2D eigenvalue weighted by atomic mass is 16.1. The van der Waals surface area contributed by atoms with Crippen molar-refractivity contribution >= 4 is 6.29 Å². The third kappa shape index (κ3) is 4.95. The monoisotopic (exact) mass is 111 g/mol. The number of carbonyl (C=O) groups excluding carboxylic acids is 1. The van der Waals surface area contributed by atoms with E-state index >= 15 is 0 Å². The van der Waals surface area contributed by atoms with Gasteiger partial charge in [0.05, 0.1) is 0 Å². The van der Waals surface area contributed by atoms with Gasteiger partial charge in [-0.2, -0.15) is 0 Å². The average Bonchev–Trinajstić information content (AvgIpc) is 1.66. The fourth-order valence-electron chi connectivity index (χ4n) is 0.275. The maximum atomic E-state index is 9.66. The summed E-state index contributed by atoms with van der Waals surface area (Å²) >= 11 is 0. The fraction of sp³-hybridized carbons (Fsp3) is 0.167. The summed E-state index contributed by atoms with van der Waals surface area (Å²) in [6, 6.07) is 0. The highest BCUT2D eigenvalue weighted by Crippen LogP contribution is 1.81. The summed E-state index contributed by atoms with van der Waals surface area (Å²) in [5.74, 6) is 0. The van der Waals surface area contributed by atoms with Crippen LogP contribution in [0.2, 0.25) is 0 Å². The van der Waals surface area contributed by atoms with Crippen molar-refractivity contribution in [1.82, 2.24) is 0 Å². The van der Waals surface area contributed by atoms with Crippen molar-refractivity contribution in [3.8, 4) is 0 Å². The van der Waals surface area contributed by atoms with E-state index in [-0.39, 0.29) is 0 Å². The number of hydrogen-bond donors (Lipinski definition) is 1. The molecule has 0 heterocycles. The van der Waals surface area contributed by atoms with Crippen molar-refractivity contribution in [3.05, 3.63) is 24.4 Å². The smallest absolute Gasteiger partial charge is 0.123 e. The summed E-state index contributed by atoms with van der Waals surface area (Å²) in [6.07, 6.45) is 4.49. The van der Waals surface area contributed by atoms with Crippen molar-refractivity contribution in [1.29, 1.82) is 0 Å². The molecule has 0 radical (unpaired) electrons. The first kappa shape index (κ1) is 6.95. The number of aldehydes is 1. The van der Waals surface area contributed by atoms with Crippen LogP contribution >= 0.6 is 0 Å². The van der Waals surface area contributed by atoms with Crippen molar-refractivity contribution in [2.45, 2.75) is 6.42 Å². The first-order valence-corrected chi connectivity index (χ1v) is 2.32. The summed E-state index contributed by atoms with van der Waals surface area (Å²) in [4.78, 5) is 9.66. The SMILES string of the molecule is C=C(N)/C=C\CC=O. The van der Waals surface area contributed by atoms with Crippen molar-refractivity contribution in [2.24, 2.45) is 5.73 Å². The van der Waals surface area contributed by atoms with Crippen LogP contribution in [0.1, 0.15) is 6.42 Å². The van der Waals surface area contributed by atoms with Crippen LogP contribution in [0.15, 0.2) is 24.4 Å². The molecule has 0 aromatic carbocycles. The van der Waals surface area contributed by atoms with E-state index in [1.165, 1.54) is 0 Å². The molecule has 0 fully saturated rings. The Morgan fingerprint density at radius 3 is 2.75 bits per heavy atom. The highest BCUT2D eigenvalue weighted by Gasteiger charge is 1.72. The van der Waals surface area contributed by atoms with Gasteiger partial charge in [0, 0.05) is 12.1 Å². The van der Waals surface area contributed by atoms with Crippen LogP contribution in [0.4, 0.5) is 0 Å². The minimum atomic E-state index is 0.413. The molecular weight excluding hydrogens is 102 g/mol. The molecule has 0 saturated heterocycles. The molecule has 0 aliphatic heterocycles. The topological polar surface area (TPSA) is 43.1 Å². The van der Waals surface area contributed by atoms with E-state index in [0.717, 1.165) is 6.29 Å². The quantitative estimate of drug-likeness (QED) is 0.428. The van der Waals surface area contributed by atoms with Gasteiger partial charge in [-0.15, -0.1) is 0 Å². The fourth-order valence-corrected chi connectivity index (χ4v) is 0.275. The van der Waals surface area contributed by atoms with Gasteiger partial charge in [-0.3, -0.25) is 0 Å². The normalized spacial score (nSPS) is 9.50. The maximum absolute atomic E-state index is 9.66. The number of nitrogens with two attached hydrogens (primary N) is 1. The molecular formula is C6H9NO. The summed E-state index contributed by atoms with van der Waals surface area (Å²) in [5.41, 5.74) is 5.61. The Balaban J connectivity index is 3.34. The average molecular weight is 111 g/mol. The van der Waals surface area contributed by atoms with Gasteiger partial charge in [0.2, 0.25) is 0 Å². The third-order valence-corrected chi connectivity index (χ3v) is 0.564. The molecule has 0 atom stereocenters. The van der Waals surface area contributed by atoms with Gasteiger partial charge in [0.1, 0.15) is 6.29 Å². The Kier molecular flexibility index (Phi) is 3.58.